The lowest BCUT2D eigenvalue weighted by atomic mass is 10.1. The maximum Gasteiger partial charge on any atom is 0.0143 e. The van der Waals surface area contributed by atoms with Crippen LogP contribution in [-0.4, -0.2) is 0 Å². The Labute approximate surface area is 114 Å². The van der Waals surface area contributed by atoms with Crippen molar-refractivity contribution in [2.24, 2.45) is 0 Å². The monoisotopic (exact) mass is 414 g/mol. The minimum Gasteiger partial charge on any atom is -0.0654 e. The fraction of sp³-hybridized carbons (Fsp3) is 0.500. The normalized spacial score (nSPS) is 10.5. The molecule has 0 aliphatic carbocycles. The average molecular weight is 414 g/mol. The highest BCUT2D eigenvalue weighted by Gasteiger charge is 1.97. The van der Waals surface area contributed by atoms with Crippen LogP contribution in [0.2, 0.25) is 0 Å². The first-order chi connectivity index (χ1) is 6.72. The van der Waals surface area contributed by atoms with Crippen molar-refractivity contribution in [2.45, 2.75) is 39.0 Å². The predicted molar refractivity (Wildman–Crippen MR) is 79.7 cm³/mol. The number of rotatable bonds is 5. The zero-order chi connectivity index (χ0) is 10.4. The van der Waals surface area contributed by atoms with Crippen molar-refractivity contribution in [1.82, 2.24) is 0 Å². The Morgan fingerprint density at radius 3 is 2.14 bits per heavy atom. The van der Waals surface area contributed by atoms with Gasteiger partial charge in [0, 0.05) is 7.14 Å². The van der Waals surface area contributed by atoms with Crippen molar-refractivity contribution < 1.29 is 0 Å². The third kappa shape index (κ3) is 4.96. The maximum atomic E-state index is 2.39. The van der Waals surface area contributed by atoms with Gasteiger partial charge >= 0.3 is 0 Å². The third-order valence-corrected chi connectivity index (χ3v) is 3.49. The summed E-state index contributed by atoms with van der Waals surface area (Å²) in [6, 6.07) is 6.82. The molecule has 0 amide bonds. The van der Waals surface area contributed by atoms with Gasteiger partial charge in [-0.25, -0.2) is 0 Å². The Morgan fingerprint density at radius 2 is 1.57 bits per heavy atom. The van der Waals surface area contributed by atoms with Gasteiger partial charge in [0.05, 0.1) is 0 Å². The van der Waals surface area contributed by atoms with E-state index in [1.807, 2.05) is 0 Å². The van der Waals surface area contributed by atoms with Gasteiger partial charge in [0.1, 0.15) is 0 Å². The predicted octanol–water partition coefficient (Wildman–Crippen LogP) is 5.02. The fourth-order valence-electron chi connectivity index (χ4n) is 1.51. The van der Waals surface area contributed by atoms with Crippen LogP contribution in [0.1, 0.15) is 38.2 Å². The van der Waals surface area contributed by atoms with Gasteiger partial charge < -0.3 is 0 Å². The fourth-order valence-corrected chi connectivity index (χ4v) is 3.58. The number of halogens is 2. The van der Waals surface area contributed by atoms with E-state index in [0.717, 1.165) is 0 Å². The molecule has 0 fully saturated rings. The van der Waals surface area contributed by atoms with Crippen LogP contribution in [-0.2, 0) is 6.42 Å². The molecule has 1 aromatic carbocycles. The van der Waals surface area contributed by atoms with Crippen LogP contribution in [0, 0.1) is 7.14 Å². The van der Waals surface area contributed by atoms with E-state index in [-0.39, 0.29) is 0 Å². The van der Waals surface area contributed by atoms with E-state index in [0.29, 0.717) is 0 Å². The van der Waals surface area contributed by atoms with Gasteiger partial charge in [-0.2, -0.15) is 0 Å². The van der Waals surface area contributed by atoms with Gasteiger partial charge in [0.25, 0.3) is 0 Å². The highest BCUT2D eigenvalue weighted by Crippen LogP contribution is 2.16. The maximum absolute atomic E-state index is 2.39. The second-order valence-electron chi connectivity index (χ2n) is 3.59. The Morgan fingerprint density at radius 1 is 0.929 bits per heavy atom. The molecule has 0 nitrogen and oxygen atoms in total. The van der Waals surface area contributed by atoms with Gasteiger partial charge in [0.15, 0.2) is 0 Å². The van der Waals surface area contributed by atoms with E-state index in [2.05, 4.69) is 70.3 Å². The molecule has 78 valence electrons. The van der Waals surface area contributed by atoms with Crippen LogP contribution >= 0.6 is 45.2 Å². The summed E-state index contributed by atoms with van der Waals surface area (Å²) in [6.45, 7) is 2.26. The molecule has 0 bridgehead atoms. The second-order valence-corrected chi connectivity index (χ2v) is 6.08. The van der Waals surface area contributed by atoms with Crippen LogP contribution in [0.3, 0.4) is 0 Å². The van der Waals surface area contributed by atoms with E-state index in [1.54, 1.807) is 0 Å². The zero-order valence-corrected chi connectivity index (χ0v) is 12.8. The molecule has 0 aliphatic heterocycles. The van der Waals surface area contributed by atoms with E-state index in [4.69, 9.17) is 0 Å². The first kappa shape index (κ1) is 12.7. The van der Waals surface area contributed by atoms with Crippen LogP contribution in [0.4, 0.5) is 0 Å². The summed E-state index contributed by atoms with van der Waals surface area (Å²) < 4.78 is 2.72. The Bertz CT molecular complexity index is 261. The van der Waals surface area contributed by atoms with Crippen molar-refractivity contribution >= 4 is 45.2 Å². The van der Waals surface area contributed by atoms with Crippen molar-refractivity contribution in [3.8, 4) is 0 Å². The molecule has 2 heteroatoms. The van der Waals surface area contributed by atoms with E-state index >= 15 is 0 Å². The van der Waals surface area contributed by atoms with E-state index < -0.39 is 0 Å². The van der Waals surface area contributed by atoms with Crippen molar-refractivity contribution in [1.29, 1.82) is 0 Å². The molecule has 0 saturated carbocycles. The lowest BCUT2D eigenvalue weighted by Gasteiger charge is -2.03. The number of aryl methyl sites for hydroxylation is 1. The number of hydrogen-bond acceptors (Lipinski definition) is 0. The Kier molecular flexibility index (Phi) is 6.41. The molecule has 1 aromatic rings. The standard InChI is InChI=1S/C12H16I2/c1-2-3-4-5-6-10-7-11(13)9-12(14)8-10/h7-9H,2-6H2,1H3. The molecule has 1 rings (SSSR count). The molecule has 0 saturated heterocycles. The van der Waals surface area contributed by atoms with Gasteiger partial charge in [-0.3, -0.25) is 0 Å². The minimum atomic E-state index is 1.24. The second kappa shape index (κ2) is 7.04. The summed E-state index contributed by atoms with van der Waals surface area (Å²) in [4.78, 5) is 0. The van der Waals surface area contributed by atoms with Crippen LogP contribution in [0.15, 0.2) is 18.2 Å². The van der Waals surface area contributed by atoms with Gasteiger partial charge in [-0.05, 0) is 81.8 Å². The van der Waals surface area contributed by atoms with Crippen LogP contribution < -0.4 is 0 Å². The number of unbranched alkanes of at least 4 members (excludes halogenated alkanes) is 3. The molecule has 0 N–H and O–H groups in total. The molecule has 0 radical (unpaired) electrons. The SMILES string of the molecule is CCCCCCc1cc(I)cc(I)c1. The molecule has 0 atom stereocenters. The first-order valence-corrected chi connectivity index (χ1v) is 7.33. The molecule has 14 heavy (non-hydrogen) atoms. The Hall–Kier alpha value is 0.680. The van der Waals surface area contributed by atoms with Crippen LogP contribution in [0.5, 0.6) is 0 Å². The quantitative estimate of drug-likeness (QED) is 0.469. The Balaban J connectivity index is 2.42. The molecular formula is C12H16I2. The average Bonchev–Trinajstić information content (AvgIpc) is 2.11. The van der Waals surface area contributed by atoms with Gasteiger partial charge in [0.2, 0.25) is 0 Å². The van der Waals surface area contributed by atoms with Gasteiger partial charge in [-0.15, -0.1) is 0 Å². The first-order valence-electron chi connectivity index (χ1n) is 5.17. The zero-order valence-electron chi connectivity index (χ0n) is 8.52. The summed E-state index contributed by atoms with van der Waals surface area (Å²) in [5, 5.41) is 0. The smallest absolute Gasteiger partial charge is 0.0143 e. The molecule has 0 spiro atoms. The number of hydrogen-bond donors (Lipinski definition) is 0. The van der Waals surface area contributed by atoms with Gasteiger partial charge in [-0.1, -0.05) is 26.2 Å². The third-order valence-electron chi connectivity index (χ3n) is 2.24. The summed E-state index contributed by atoms with van der Waals surface area (Å²) in [7, 11) is 0. The minimum absolute atomic E-state index is 1.24. The largest absolute Gasteiger partial charge is 0.0654 e. The van der Waals surface area contributed by atoms with Crippen molar-refractivity contribution in [3.63, 3.8) is 0 Å². The summed E-state index contributed by atoms with van der Waals surface area (Å²) in [5.74, 6) is 0. The van der Waals surface area contributed by atoms with Crippen molar-refractivity contribution in [3.05, 3.63) is 30.9 Å². The molecule has 0 aliphatic rings. The highest BCUT2D eigenvalue weighted by molar-refractivity contribution is 14.1. The van der Waals surface area contributed by atoms with Crippen molar-refractivity contribution in [2.75, 3.05) is 0 Å². The summed E-state index contributed by atoms with van der Waals surface area (Å²) in [6.07, 6.45) is 6.65. The summed E-state index contributed by atoms with van der Waals surface area (Å²) in [5.41, 5.74) is 1.50. The lowest BCUT2D eigenvalue weighted by molar-refractivity contribution is 0.666. The van der Waals surface area contributed by atoms with Crippen LogP contribution in [0.25, 0.3) is 0 Å². The molecule has 0 heterocycles. The highest BCUT2D eigenvalue weighted by atomic mass is 127. The number of benzene rings is 1. The molecular weight excluding hydrogens is 398 g/mol. The topological polar surface area (TPSA) is 0 Å². The summed E-state index contributed by atoms with van der Waals surface area (Å²) >= 11 is 4.79. The molecule has 0 unspecified atom stereocenters. The van der Waals surface area contributed by atoms with E-state index in [9.17, 15) is 0 Å². The van der Waals surface area contributed by atoms with E-state index in [1.165, 1.54) is 44.8 Å². The molecule has 0 aromatic heterocycles. The lowest BCUT2D eigenvalue weighted by Crippen LogP contribution is -1.88.